The minimum absolute atomic E-state index is 0.207. The maximum atomic E-state index is 12.1. The van der Waals surface area contributed by atoms with Crippen LogP contribution < -0.4 is 5.32 Å². The SMILES string of the molecule is CC1CCN(C(=O)CCNc2ccccc2C#N)CC1. The maximum absolute atomic E-state index is 12.1. The molecule has 20 heavy (non-hydrogen) atoms. The first-order chi connectivity index (χ1) is 9.70. The van der Waals surface area contributed by atoms with Crippen molar-refractivity contribution in [3.63, 3.8) is 0 Å². The first kappa shape index (κ1) is 14.4. The molecule has 0 atom stereocenters. The Morgan fingerprint density at radius 3 is 2.80 bits per heavy atom. The molecule has 106 valence electrons. The first-order valence-corrected chi connectivity index (χ1v) is 7.21. The maximum Gasteiger partial charge on any atom is 0.224 e. The molecule has 0 unspecified atom stereocenters. The van der Waals surface area contributed by atoms with E-state index in [1.54, 1.807) is 6.07 Å². The van der Waals surface area contributed by atoms with Gasteiger partial charge in [-0.2, -0.15) is 5.26 Å². The molecule has 0 spiro atoms. The second kappa shape index (κ2) is 6.95. The van der Waals surface area contributed by atoms with Crippen LogP contribution in [0, 0.1) is 17.2 Å². The number of carbonyl (C=O) groups is 1. The lowest BCUT2D eigenvalue weighted by Crippen LogP contribution is -2.38. The molecule has 0 radical (unpaired) electrons. The number of hydrogen-bond acceptors (Lipinski definition) is 3. The van der Waals surface area contributed by atoms with Crippen molar-refractivity contribution in [2.45, 2.75) is 26.2 Å². The molecule has 1 amide bonds. The van der Waals surface area contributed by atoms with E-state index < -0.39 is 0 Å². The molecule has 2 rings (SSSR count). The number of rotatable bonds is 4. The summed E-state index contributed by atoms with van der Waals surface area (Å²) in [6.07, 6.45) is 2.70. The Hall–Kier alpha value is -2.02. The van der Waals surface area contributed by atoms with E-state index in [0.717, 1.165) is 37.5 Å². The highest BCUT2D eigenvalue weighted by Gasteiger charge is 2.19. The number of carbonyl (C=O) groups excluding carboxylic acids is 1. The van der Waals surface area contributed by atoms with E-state index >= 15 is 0 Å². The summed E-state index contributed by atoms with van der Waals surface area (Å²) < 4.78 is 0. The highest BCUT2D eigenvalue weighted by Crippen LogP contribution is 2.17. The van der Waals surface area contributed by atoms with Crippen LogP contribution in [0.25, 0.3) is 0 Å². The molecule has 1 aliphatic heterocycles. The number of hydrogen-bond donors (Lipinski definition) is 1. The van der Waals surface area contributed by atoms with Crippen molar-refractivity contribution in [1.29, 1.82) is 5.26 Å². The van der Waals surface area contributed by atoms with E-state index in [2.05, 4.69) is 18.3 Å². The van der Waals surface area contributed by atoms with E-state index in [4.69, 9.17) is 5.26 Å². The molecule has 1 aromatic rings. The molecule has 4 heteroatoms. The lowest BCUT2D eigenvalue weighted by Gasteiger charge is -2.30. The van der Waals surface area contributed by atoms with Crippen molar-refractivity contribution in [3.8, 4) is 6.07 Å². The Bertz CT molecular complexity index is 499. The van der Waals surface area contributed by atoms with E-state index in [0.29, 0.717) is 18.5 Å². The molecule has 1 aromatic carbocycles. The standard InChI is InChI=1S/C16H21N3O/c1-13-7-10-19(11-8-13)16(20)6-9-18-15-5-3-2-4-14(15)12-17/h2-5,13,18H,6-11H2,1H3. The average molecular weight is 271 g/mol. The van der Waals surface area contributed by atoms with Gasteiger partial charge in [0.1, 0.15) is 6.07 Å². The van der Waals surface area contributed by atoms with Gasteiger partial charge in [0.25, 0.3) is 0 Å². The third-order valence-corrected chi connectivity index (χ3v) is 3.84. The Kier molecular flexibility index (Phi) is 5.00. The molecule has 1 heterocycles. The lowest BCUT2D eigenvalue weighted by molar-refractivity contribution is -0.132. The van der Waals surface area contributed by atoms with Crippen molar-refractivity contribution < 1.29 is 4.79 Å². The van der Waals surface area contributed by atoms with Gasteiger partial charge in [0.2, 0.25) is 5.91 Å². The normalized spacial score (nSPS) is 15.7. The Morgan fingerprint density at radius 2 is 2.10 bits per heavy atom. The van der Waals surface area contributed by atoms with Crippen LogP contribution in [0.2, 0.25) is 0 Å². The monoisotopic (exact) mass is 271 g/mol. The van der Waals surface area contributed by atoms with Crippen molar-refractivity contribution in [2.24, 2.45) is 5.92 Å². The quantitative estimate of drug-likeness (QED) is 0.915. The molecule has 0 bridgehead atoms. The number of amides is 1. The van der Waals surface area contributed by atoms with Crippen LogP contribution >= 0.6 is 0 Å². The molecular weight excluding hydrogens is 250 g/mol. The predicted molar refractivity (Wildman–Crippen MR) is 79.2 cm³/mol. The van der Waals surface area contributed by atoms with Gasteiger partial charge >= 0.3 is 0 Å². The van der Waals surface area contributed by atoms with Gasteiger partial charge in [-0.15, -0.1) is 0 Å². The predicted octanol–water partition coefficient (Wildman–Crippen LogP) is 2.62. The van der Waals surface area contributed by atoms with Crippen LogP contribution in [0.3, 0.4) is 0 Å². The van der Waals surface area contributed by atoms with E-state index in [1.807, 2.05) is 23.1 Å². The Morgan fingerprint density at radius 1 is 1.40 bits per heavy atom. The molecule has 4 nitrogen and oxygen atoms in total. The van der Waals surface area contributed by atoms with Crippen molar-refractivity contribution in [1.82, 2.24) is 4.90 Å². The fraction of sp³-hybridized carbons (Fsp3) is 0.500. The summed E-state index contributed by atoms with van der Waals surface area (Å²) in [7, 11) is 0. The van der Waals surface area contributed by atoms with Crippen molar-refractivity contribution in [3.05, 3.63) is 29.8 Å². The first-order valence-electron chi connectivity index (χ1n) is 7.21. The number of nitrogens with one attached hydrogen (secondary N) is 1. The summed E-state index contributed by atoms with van der Waals surface area (Å²) in [5.41, 5.74) is 1.42. The van der Waals surface area contributed by atoms with Crippen LogP contribution in [-0.2, 0) is 4.79 Å². The topological polar surface area (TPSA) is 56.1 Å². The van der Waals surface area contributed by atoms with Gasteiger partial charge in [-0.1, -0.05) is 19.1 Å². The number of piperidine rings is 1. The molecule has 0 saturated carbocycles. The summed E-state index contributed by atoms with van der Waals surface area (Å²) in [4.78, 5) is 14.0. The number of likely N-dealkylation sites (tertiary alicyclic amines) is 1. The molecule has 1 N–H and O–H groups in total. The lowest BCUT2D eigenvalue weighted by atomic mass is 9.99. The highest BCUT2D eigenvalue weighted by atomic mass is 16.2. The molecule has 1 saturated heterocycles. The molecule has 0 aromatic heterocycles. The second-order valence-electron chi connectivity index (χ2n) is 5.40. The van der Waals surface area contributed by atoms with Crippen LogP contribution in [0.4, 0.5) is 5.69 Å². The van der Waals surface area contributed by atoms with Crippen LogP contribution in [0.5, 0.6) is 0 Å². The third-order valence-electron chi connectivity index (χ3n) is 3.84. The number of nitriles is 1. The summed E-state index contributed by atoms with van der Waals surface area (Å²) in [5, 5.41) is 12.2. The fourth-order valence-electron chi connectivity index (χ4n) is 2.45. The second-order valence-corrected chi connectivity index (χ2v) is 5.40. The minimum atomic E-state index is 0.207. The van der Waals surface area contributed by atoms with Crippen LogP contribution in [0.15, 0.2) is 24.3 Å². The Labute approximate surface area is 120 Å². The molecule has 1 fully saturated rings. The van der Waals surface area contributed by atoms with E-state index in [9.17, 15) is 4.79 Å². The largest absolute Gasteiger partial charge is 0.383 e. The summed E-state index contributed by atoms with van der Waals surface area (Å²) in [6, 6.07) is 9.51. The number of para-hydroxylation sites is 1. The zero-order chi connectivity index (χ0) is 14.4. The van der Waals surface area contributed by atoms with Gasteiger partial charge in [-0.3, -0.25) is 4.79 Å². The number of benzene rings is 1. The number of nitrogens with zero attached hydrogens (tertiary/aromatic N) is 2. The van der Waals surface area contributed by atoms with Gasteiger partial charge in [-0.25, -0.2) is 0 Å². The smallest absolute Gasteiger partial charge is 0.224 e. The molecule has 1 aliphatic rings. The number of anilines is 1. The van der Waals surface area contributed by atoms with Gasteiger partial charge < -0.3 is 10.2 Å². The van der Waals surface area contributed by atoms with Crippen molar-refractivity contribution >= 4 is 11.6 Å². The third kappa shape index (κ3) is 3.74. The summed E-state index contributed by atoms with van der Waals surface area (Å²) in [6.45, 7) is 4.58. The van der Waals surface area contributed by atoms with Gasteiger partial charge in [0.05, 0.1) is 11.3 Å². The van der Waals surface area contributed by atoms with E-state index in [1.165, 1.54) is 0 Å². The van der Waals surface area contributed by atoms with Crippen LogP contribution in [-0.4, -0.2) is 30.4 Å². The van der Waals surface area contributed by atoms with Gasteiger partial charge in [0, 0.05) is 26.1 Å². The van der Waals surface area contributed by atoms with Gasteiger partial charge in [0.15, 0.2) is 0 Å². The summed E-state index contributed by atoms with van der Waals surface area (Å²) in [5.74, 6) is 0.943. The van der Waals surface area contributed by atoms with Crippen LogP contribution in [0.1, 0.15) is 31.7 Å². The zero-order valence-corrected chi connectivity index (χ0v) is 11.9. The minimum Gasteiger partial charge on any atom is -0.383 e. The zero-order valence-electron chi connectivity index (χ0n) is 11.9. The van der Waals surface area contributed by atoms with Gasteiger partial charge in [-0.05, 0) is 30.9 Å². The van der Waals surface area contributed by atoms with Crippen molar-refractivity contribution in [2.75, 3.05) is 25.0 Å². The fourth-order valence-corrected chi connectivity index (χ4v) is 2.45. The average Bonchev–Trinajstić information content (AvgIpc) is 2.48. The Balaban J connectivity index is 1.78. The molecular formula is C16H21N3O. The summed E-state index contributed by atoms with van der Waals surface area (Å²) >= 11 is 0. The van der Waals surface area contributed by atoms with E-state index in [-0.39, 0.29) is 5.91 Å². The molecule has 0 aliphatic carbocycles. The highest BCUT2D eigenvalue weighted by molar-refractivity contribution is 5.77.